The summed E-state index contributed by atoms with van der Waals surface area (Å²) in [5, 5.41) is 3.50. The second-order valence-corrected chi connectivity index (χ2v) is 6.50. The molecule has 1 amide bonds. The maximum atomic E-state index is 12.6. The Morgan fingerprint density at radius 1 is 1.27 bits per heavy atom. The lowest BCUT2D eigenvalue weighted by atomic mass is 10.1. The van der Waals surface area contributed by atoms with Crippen molar-refractivity contribution >= 4 is 39.1 Å². The molecule has 0 spiro atoms. The molecule has 2 aromatic carbocycles. The summed E-state index contributed by atoms with van der Waals surface area (Å²) in [6.07, 6.45) is -0.0133. The van der Waals surface area contributed by atoms with Crippen LogP contribution in [-0.2, 0) is 0 Å². The number of anilines is 1. The molecule has 0 fully saturated rings. The van der Waals surface area contributed by atoms with Gasteiger partial charge in [-0.2, -0.15) is 0 Å². The fourth-order valence-electron chi connectivity index (χ4n) is 1.97. The van der Waals surface area contributed by atoms with Crippen molar-refractivity contribution in [3.63, 3.8) is 0 Å². The highest BCUT2D eigenvalue weighted by atomic mass is 79.9. The van der Waals surface area contributed by atoms with Gasteiger partial charge >= 0.3 is 0 Å². The van der Waals surface area contributed by atoms with E-state index in [4.69, 9.17) is 16.3 Å². The SMILES string of the molecule is Cc1c(Cl)cccc1NC(=O)c1cc(Br)ccc1OC(C)C. The van der Waals surface area contributed by atoms with E-state index in [-0.39, 0.29) is 12.0 Å². The third-order valence-electron chi connectivity index (χ3n) is 3.06. The topological polar surface area (TPSA) is 38.3 Å². The lowest BCUT2D eigenvalue weighted by molar-refractivity contribution is 0.102. The van der Waals surface area contributed by atoms with Gasteiger partial charge in [0.1, 0.15) is 5.75 Å². The van der Waals surface area contributed by atoms with Crippen LogP contribution in [0.3, 0.4) is 0 Å². The van der Waals surface area contributed by atoms with Gasteiger partial charge in [0.15, 0.2) is 0 Å². The molecule has 0 aromatic heterocycles. The normalized spacial score (nSPS) is 10.6. The van der Waals surface area contributed by atoms with Gasteiger partial charge in [0.2, 0.25) is 0 Å². The molecule has 3 nitrogen and oxygen atoms in total. The molecule has 0 aliphatic carbocycles. The lowest BCUT2D eigenvalue weighted by Crippen LogP contribution is -2.16. The lowest BCUT2D eigenvalue weighted by Gasteiger charge is -2.15. The van der Waals surface area contributed by atoms with E-state index in [0.717, 1.165) is 10.0 Å². The maximum Gasteiger partial charge on any atom is 0.259 e. The van der Waals surface area contributed by atoms with Gasteiger partial charge in [0.05, 0.1) is 11.7 Å². The number of nitrogens with one attached hydrogen (secondary N) is 1. The zero-order valence-electron chi connectivity index (χ0n) is 12.6. The van der Waals surface area contributed by atoms with Gasteiger partial charge in [-0.15, -0.1) is 0 Å². The minimum Gasteiger partial charge on any atom is -0.490 e. The van der Waals surface area contributed by atoms with Crippen molar-refractivity contribution in [2.45, 2.75) is 26.9 Å². The molecule has 0 aliphatic heterocycles. The van der Waals surface area contributed by atoms with Crippen LogP contribution in [-0.4, -0.2) is 12.0 Å². The predicted octanol–water partition coefficient (Wildman–Crippen LogP) is 5.45. The largest absolute Gasteiger partial charge is 0.490 e. The molecule has 1 N–H and O–H groups in total. The molecule has 0 saturated heterocycles. The van der Waals surface area contributed by atoms with E-state index in [0.29, 0.717) is 22.0 Å². The number of amides is 1. The number of benzene rings is 2. The molecule has 116 valence electrons. The summed E-state index contributed by atoms with van der Waals surface area (Å²) in [6, 6.07) is 10.8. The summed E-state index contributed by atoms with van der Waals surface area (Å²) >= 11 is 9.47. The van der Waals surface area contributed by atoms with Crippen LogP contribution in [0.25, 0.3) is 0 Å². The molecule has 0 bridgehead atoms. The highest BCUT2D eigenvalue weighted by Gasteiger charge is 2.16. The summed E-state index contributed by atoms with van der Waals surface area (Å²) in [4.78, 5) is 12.6. The first-order valence-electron chi connectivity index (χ1n) is 6.91. The Bertz CT molecular complexity index is 701. The minimum absolute atomic E-state index is 0.0133. The molecule has 0 saturated carbocycles. The van der Waals surface area contributed by atoms with Crippen molar-refractivity contribution < 1.29 is 9.53 Å². The Balaban J connectivity index is 2.32. The highest BCUT2D eigenvalue weighted by molar-refractivity contribution is 9.10. The van der Waals surface area contributed by atoms with Crippen LogP contribution in [0.4, 0.5) is 5.69 Å². The number of halogens is 2. The number of ether oxygens (including phenoxy) is 1. The van der Waals surface area contributed by atoms with Crippen LogP contribution < -0.4 is 10.1 Å². The van der Waals surface area contributed by atoms with E-state index in [1.165, 1.54) is 0 Å². The van der Waals surface area contributed by atoms with E-state index in [2.05, 4.69) is 21.2 Å². The van der Waals surface area contributed by atoms with Gasteiger partial charge in [-0.1, -0.05) is 33.6 Å². The quantitative estimate of drug-likeness (QED) is 0.763. The van der Waals surface area contributed by atoms with Gasteiger partial charge in [-0.05, 0) is 56.7 Å². The summed E-state index contributed by atoms with van der Waals surface area (Å²) < 4.78 is 6.52. The first kappa shape index (κ1) is 16.8. The second-order valence-electron chi connectivity index (χ2n) is 5.17. The van der Waals surface area contributed by atoms with E-state index in [1.807, 2.05) is 32.9 Å². The number of rotatable bonds is 4. The zero-order valence-corrected chi connectivity index (χ0v) is 15.0. The van der Waals surface area contributed by atoms with E-state index >= 15 is 0 Å². The van der Waals surface area contributed by atoms with E-state index in [1.54, 1.807) is 24.3 Å². The van der Waals surface area contributed by atoms with Crippen molar-refractivity contribution in [1.82, 2.24) is 0 Å². The monoisotopic (exact) mass is 381 g/mol. The van der Waals surface area contributed by atoms with Crippen molar-refractivity contribution in [3.8, 4) is 5.75 Å². The summed E-state index contributed by atoms with van der Waals surface area (Å²) in [7, 11) is 0. The van der Waals surface area contributed by atoms with E-state index in [9.17, 15) is 4.79 Å². The molecular weight excluding hydrogens is 366 g/mol. The molecule has 2 rings (SSSR count). The van der Waals surface area contributed by atoms with Crippen LogP contribution in [0.1, 0.15) is 29.8 Å². The molecule has 0 heterocycles. The number of carbonyl (C=O) groups excluding carboxylic acids is 1. The van der Waals surface area contributed by atoms with Gasteiger partial charge in [-0.3, -0.25) is 4.79 Å². The first-order valence-corrected chi connectivity index (χ1v) is 8.08. The Morgan fingerprint density at radius 2 is 2.00 bits per heavy atom. The van der Waals surface area contributed by atoms with Crippen molar-refractivity contribution in [3.05, 3.63) is 57.0 Å². The maximum absolute atomic E-state index is 12.6. The Morgan fingerprint density at radius 3 is 2.68 bits per heavy atom. The standard InChI is InChI=1S/C17H17BrClNO2/c1-10(2)22-16-8-7-12(18)9-13(16)17(21)20-15-6-4-5-14(19)11(15)3/h4-10H,1-3H3,(H,20,21). The van der Waals surface area contributed by atoms with Gasteiger partial charge < -0.3 is 10.1 Å². The minimum atomic E-state index is -0.234. The van der Waals surface area contributed by atoms with Crippen LogP contribution >= 0.6 is 27.5 Å². The van der Waals surface area contributed by atoms with Crippen LogP contribution in [0.15, 0.2) is 40.9 Å². The zero-order chi connectivity index (χ0) is 16.3. The van der Waals surface area contributed by atoms with Gasteiger partial charge in [0.25, 0.3) is 5.91 Å². The Kier molecular flexibility index (Phi) is 5.48. The Labute approximate surface area is 143 Å². The fraction of sp³-hybridized carbons (Fsp3) is 0.235. The van der Waals surface area contributed by atoms with E-state index < -0.39 is 0 Å². The Hall–Kier alpha value is -1.52. The van der Waals surface area contributed by atoms with Gasteiger partial charge in [0, 0.05) is 15.2 Å². The molecule has 0 atom stereocenters. The van der Waals surface area contributed by atoms with Crippen LogP contribution in [0.2, 0.25) is 5.02 Å². The average molecular weight is 383 g/mol. The first-order chi connectivity index (χ1) is 10.4. The molecule has 0 aliphatic rings. The number of hydrogen-bond donors (Lipinski definition) is 1. The summed E-state index contributed by atoms with van der Waals surface area (Å²) in [5.41, 5.74) is 1.99. The smallest absolute Gasteiger partial charge is 0.259 e. The molecule has 22 heavy (non-hydrogen) atoms. The third-order valence-corrected chi connectivity index (χ3v) is 3.97. The van der Waals surface area contributed by atoms with Crippen LogP contribution in [0, 0.1) is 6.92 Å². The molecular formula is C17H17BrClNO2. The third kappa shape index (κ3) is 4.02. The van der Waals surface area contributed by atoms with Gasteiger partial charge in [-0.25, -0.2) is 0 Å². The highest BCUT2D eigenvalue weighted by Crippen LogP contribution is 2.27. The molecule has 0 radical (unpaired) electrons. The molecule has 0 unspecified atom stereocenters. The number of carbonyl (C=O) groups is 1. The molecule has 2 aromatic rings. The number of hydrogen-bond acceptors (Lipinski definition) is 2. The average Bonchev–Trinajstić information content (AvgIpc) is 2.45. The van der Waals surface area contributed by atoms with Crippen molar-refractivity contribution in [1.29, 1.82) is 0 Å². The fourth-order valence-corrected chi connectivity index (χ4v) is 2.50. The summed E-state index contributed by atoms with van der Waals surface area (Å²) in [5.74, 6) is 0.317. The van der Waals surface area contributed by atoms with Crippen molar-refractivity contribution in [2.75, 3.05) is 5.32 Å². The molecule has 5 heteroatoms. The predicted molar refractivity (Wildman–Crippen MR) is 94.0 cm³/mol. The summed E-state index contributed by atoms with van der Waals surface area (Å²) in [6.45, 7) is 5.71. The van der Waals surface area contributed by atoms with Crippen molar-refractivity contribution in [2.24, 2.45) is 0 Å². The second kappa shape index (κ2) is 7.16. The van der Waals surface area contributed by atoms with Crippen LogP contribution in [0.5, 0.6) is 5.75 Å².